The number of H-pyrrole nitrogens is 2. The first-order chi connectivity index (χ1) is 14.1. The number of piperidine rings is 1. The molecule has 4 rings (SSSR count). The number of aromatic amines is 2. The highest BCUT2D eigenvalue weighted by molar-refractivity contribution is 7.07. The summed E-state index contributed by atoms with van der Waals surface area (Å²) in [5, 5.41) is 4.27. The van der Waals surface area contributed by atoms with E-state index in [0.717, 1.165) is 31.6 Å². The topological polar surface area (TPSA) is 104 Å². The molecule has 1 saturated heterocycles. The standard InChI is InChI=1S/C20H23N5O3S/c26-17-11-16(22-20(28)23-17)12-18(27)24-7-2-15(3-8-24)19-21-5-9-25(19)6-1-14-4-10-29-13-14/h4-5,9-11,13,15H,1-3,6-8,12H2,(H2,22,23,26,28). The monoisotopic (exact) mass is 413 g/mol. The number of amides is 1. The number of hydrogen-bond acceptors (Lipinski definition) is 5. The van der Waals surface area contributed by atoms with E-state index in [1.807, 2.05) is 12.4 Å². The molecule has 2 N–H and O–H groups in total. The van der Waals surface area contributed by atoms with Gasteiger partial charge in [0.25, 0.3) is 5.56 Å². The van der Waals surface area contributed by atoms with Gasteiger partial charge in [0, 0.05) is 49.7 Å². The zero-order valence-electron chi connectivity index (χ0n) is 16.0. The number of hydrogen-bond donors (Lipinski definition) is 2. The number of nitrogens with zero attached hydrogens (tertiary/aromatic N) is 3. The van der Waals surface area contributed by atoms with Gasteiger partial charge in [0.05, 0.1) is 6.42 Å². The Balaban J connectivity index is 1.33. The molecule has 0 saturated carbocycles. The van der Waals surface area contributed by atoms with Gasteiger partial charge in [0.15, 0.2) is 0 Å². The summed E-state index contributed by atoms with van der Waals surface area (Å²) in [6.45, 7) is 2.20. The van der Waals surface area contributed by atoms with Gasteiger partial charge in [-0.2, -0.15) is 11.3 Å². The maximum Gasteiger partial charge on any atom is 0.325 e. The molecule has 1 aliphatic rings. The van der Waals surface area contributed by atoms with Crippen molar-refractivity contribution in [1.82, 2.24) is 24.4 Å². The van der Waals surface area contributed by atoms with Gasteiger partial charge in [-0.1, -0.05) is 0 Å². The van der Waals surface area contributed by atoms with Crippen molar-refractivity contribution < 1.29 is 4.79 Å². The molecule has 0 bridgehead atoms. The Kier molecular flexibility index (Phi) is 5.75. The first kappa shape index (κ1) is 19.4. The lowest BCUT2D eigenvalue weighted by atomic mass is 9.95. The van der Waals surface area contributed by atoms with Crippen molar-refractivity contribution in [2.75, 3.05) is 13.1 Å². The van der Waals surface area contributed by atoms with E-state index in [1.54, 1.807) is 16.2 Å². The lowest BCUT2D eigenvalue weighted by molar-refractivity contribution is -0.131. The van der Waals surface area contributed by atoms with Crippen LogP contribution in [0.25, 0.3) is 0 Å². The molecule has 3 aromatic heterocycles. The molecule has 0 spiro atoms. The predicted molar refractivity (Wildman–Crippen MR) is 110 cm³/mol. The van der Waals surface area contributed by atoms with Crippen molar-refractivity contribution >= 4 is 17.2 Å². The average molecular weight is 414 g/mol. The van der Waals surface area contributed by atoms with Gasteiger partial charge in [0.1, 0.15) is 5.82 Å². The molecule has 29 heavy (non-hydrogen) atoms. The summed E-state index contributed by atoms with van der Waals surface area (Å²) in [6.07, 6.45) is 6.60. The number of nitrogens with one attached hydrogen (secondary N) is 2. The van der Waals surface area contributed by atoms with E-state index in [4.69, 9.17) is 0 Å². The molecular weight excluding hydrogens is 390 g/mol. The van der Waals surface area contributed by atoms with Crippen LogP contribution >= 0.6 is 11.3 Å². The first-order valence-corrected chi connectivity index (χ1v) is 10.6. The number of aromatic nitrogens is 4. The molecule has 4 heterocycles. The minimum absolute atomic E-state index is 0.0269. The normalized spacial score (nSPS) is 15.0. The molecule has 3 aromatic rings. The van der Waals surface area contributed by atoms with Crippen molar-refractivity contribution in [2.45, 2.75) is 38.1 Å². The number of rotatable bonds is 6. The van der Waals surface area contributed by atoms with E-state index in [0.29, 0.717) is 24.7 Å². The number of thiophene rings is 1. The lowest BCUT2D eigenvalue weighted by Gasteiger charge is -2.32. The van der Waals surface area contributed by atoms with Crippen LogP contribution in [0, 0.1) is 0 Å². The second kappa shape index (κ2) is 8.60. The van der Waals surface area contributed by atoms with E-state index >= 15 is 0 Å². The van der Waals surface area contributed by atoms with E-state index in [2.05, 4.69) is 36.3 Å². The van der Waals surface area contributed by atoms with Crippen LogP contribution in [0.3, 0.4) is 0 Å². The highest BCUT2D eigenvalue weighted by Crippen LogP contribution is 2.27. The summed E-state index contributed by atoms with van der Waals surface area (Å²) in [7, 11) is 0. The smallest absolute Gasteiger partial charge is 0.325 e. The highest BCUT2D eigenvalue weighted by Gasteiger charge is 2.26. The highest BCUT2D eigenvalue weighted by atomic mass is 32.1. The second-order valence-corrected chi connectivity index (χ2v) is 8.09. The second-order valence-electron chi connectivity index (χ2n) is 7.31. The van der Waals surface area contributed by atoms with Crippen LogP contribution in [0.1, 0.15) is 35.8 Å². The molecule has 8 nitrogen and oxygen atoms in total. The van der Waals surface area contributed by atoms with Gasteiger partial charge in [-0.15, -0.1) is 0 Å². The predicted octanol–water partition coefficient (Wildman–Crippen LogP) is 1.51. The maximum absolute atomic E-state index is 12.6. The van der Waals surface area contributed by atoms with Crippen molar-refractivity contribution in [3.63, 3.8) is 0 Å². The van der Waals surface area contributed by atoms with Crippen LogP contribution in [-0.4, -0.2) is 43.4 Å². The molecule has 1 amide bonds. The average Bonchev–Trinajstić information content (AvgIpc) is 3.37. The van der Waals surface area contributed by atoms with Gasteiger partial charge in [-0.3, -0.25) is 14.6 Å². The fourth-order valence-electron chi connectivity index (χ4n) is 3.83. The van der Waals surface area contributed by atoms with Crippen LogP contribution in [0.2, 0.25) is 0 Å². The molecule has 9 heteroatoms. The third-order valence-corrected chi connectivity index (χ3v) is 6.07. The Morgan fingerprint density at radius 3 is 2.79 bits per heavy atom. The van der Waals surface area contributed by atoms with Crippen molar-refractivity contribution in [2.24, 2.45) is 0 Å². The van der Waals surface area contributed by atoms with E-state index in [-0.39, 0.29) is 12.3 Å². The van der Waals surface area contributed by atoms with Crippen molar-refractivity contribution in [3.05, 3.63) is 73.2 Å². The lowest BCUT2D eigenvalue weighted by Crippen LogP contribution is -2.39. The molecule has 152 valence electrons. The third kappa shape index (κ3) is 4.73. The summed E-state index contributed by atoms with van der Waals surface area (Å²) in [5.74, 6) is 1.34. The molecular formula is C20H23N5O3S. The molecule has 0 radical (unpaired) electrons. The first-order valence-electron chi connectivity index (χ1n) is 9.71. The van der Waals surface area contributed by atoms with Gasteiger partial charge in [-0.25, -0.2) is 9.78 Å². The van der Waals surface area contributed by atoms with E-state index < -0.39 is 11.2 Å². The van der Waals surface area contributed by atoms with E-state index in [1.165, 1.54) is 11.6 Å². The molecule has 0 atom stereocenters. The summed E-state index contributed by atoms with van der Waals surface area (Å²) in [4.78, 5) is 46.3. The molecule has 0 aliphatic carbocycles. The summed E-state index contributed by atoms with van der Waals surface area (Å²) in [5.41, 5.74) is 0.598. The van der Waals surface area contributed by atoms with E-state index in [9.17, 15) is 14.4 Å². The van der Waals surface area contributed by atoms with Gasteiger partial charge in [-0.05, 0) is 41.7 Å². The summed E-state index contributed by atoms with van der Waals surface area (Å²) in [6, 6.07) is 3.41. The number of carbonyl (C=O) groups excluding carboxylic acids is 1. The number of aryl methyl sites for hydroxylation is 2. The minimum Gasteiger partial charge on any atom is -0.342 e. The fraction of sp³-hybridized carbons (Fsp3) is 0.400. The summed E-state index contributed by atoms with van der Waals surface area (Å²) >= 11 is 1.71. The number of imidazole rings is 1. The van der Waals surface area contributed by atoms with Gasteiger partial charge in [0.2, 0.25) is 5.91 Å². The number of likely N-dealkylation sites (tertiary alicyclic amines) is 1. The molecule has 1 aliphatic heterocycles. The Morgan fingerprint density at radius 2 is 2.07 bits per heavy atom. The largest absolute Gasteiger partial charge is 0.342 e. The van der Waals surface area contributed by atoms with Crippen molar-refractivity contribution in [3.8, 4) is 0 Å². The Bertz CT molecular complexity index is 1050. The minimum atomic E-state index is -0.590. The third-order valence-electron chi connectivity index (χ3n) is 5.34. The van der Waals surface area contributed by atoms with Gasteiger partial charge < -0.3 is 14.5 Å². The van der Waals surface area contributed by atoms with Crippen molar-refractivity contribution in [1.29, 1.82) is 0 Å². The Labute approximate surface area is 171 Å². The zero-order valence-corrected chi connectivity index (χ0v) is 16.8. The van der Waals surface area contributed by atoms with Crippen LogP contribution in [-0.2, 0) is 24.2 Å². The molecule has 1 fully saturated rings. The fourth-order valence-corrected chi connectivity index (χ4v) is 4.53. The zero-order chi connectivity index (χ0) is 20.2. The van der Waals surface area contributed by atoms with Crippen LogP contribution in [0.5, 0.6) is 0 Å². The molecule has 0 unspecified atom stereocenters. The molecule has 0 aromatic carbocycles. The van der Waals surface area contributed by atoms with Gasteiger partial charge >= 0.3 is 5.69 Å². The van der Waals surface area contributed by atoms with Crippen LogP contribution in [0.4, 0.5) is 0 Å². The summed E-state index contributed by atoms with van der Waals surface area (Å²) < 4.78 is 2.22. The Hall–Kier alpha value is -2.94. The number of carbonyl (C=O) groups is 1. The van der Waals surface area contributed by atoms with Crippen LogP contribution in [0.15, 0.2) is 44.9 Å². The SMILES string of the molecule is O=C(Cc1cc(=O)[nH]c(=O)[nH]1)N1CCC(c2nccn2CCc2ccsc2)CC1. The maximum atomic E-state index is 12.6. The van der Waals surface area contributed by atoms with Crippen LogP contribution < -0.4 is 11.2 Å². The quantitative estimate of drug-likeness (QED) is 0.639. The Morgan fingerprint density at radius 1 is 1.24 bits per heavy atom.